The van der Waals surface area contributed by atoms with E-state index in [0.29, 0.717) is 5.92 Å². The van der Waals surface area contributed by atoms with Crippen molar-refractivity contribution in [3.8, 4) is 0 Å². The first kappa shape index (κ1) is 16.1. The molecular weight excluding hydrogens is 256 g/mol. The molecule has 2 nitrogen and oxygen atoms in total. The normalized spacial score (nSPS) is 14.3. The second-order valence-electron chi connectivity index (χ2n) is 5.42. The summed E-state index contributed by atoms with van der Waals surface area (Å²) in [6.07, 6.45) is 2.37. The summed E-state index contributed by atoms with van der Waals surface area (Å²) in [5.74, 6) is 0.495. The number of rotatable bonds is 8. The van der Waals surface area contributed by atoms with Gasteiger partial charge in [-0.25, -0.2) is 0 Å². The number of aliphatic carboxylic acids is 1. The van der Waals surface area contributed by atoms with Crippen molar-refractivity contribution in [2.75, 3.05) is 0 Å². The Hall–Kier alpha value is -0.960. The van der Waals surface area contributed by atoms with Crippen LogP contribution in [0.25, 0.3) is 0 Å². The van der Waals surface area contributed by atoms with E-state index in [1.807, 2.05) is 18.2 Å². The van der Waals surface area contributed by atoms with Crippen LogP contribution >= 0.6 is 11.8 Å². The van der Waals surface area contributed by atoms with Gasteiger partial charge < -0.3 is 5.11 Å². The molecule has 106 valence electrons. The standard InChI is InChI=1S/C16H24O2S/c1-4-10-16(15(17)18,11-13(2)3)19-12-14-8-6-5-7-9-14/h5-9,13H,4,10-12H2,1-3H3,(H,17,18). The predicted octanol–water partition coefficient (Wildman–Crippen LogP) is 4.59. The summed E-state index contributed by atoms with van der Waals surface area (Å²) in [5, 5.41) is 9.66. The number of hydrogen-bond acceptors (Lipinski definition) is 2. The van der Waals surface area contributed by atoms with Gasteiger partial charge >= 0.3 is 5.97 Å². The number of carboxylic acid groups (broad SMARTS) is 1. The molecule has 1 atom stereocenters. The number of hydrogen-bond donors (Lipinski definition) is 1. The van der Waals surface area contributed by atoms with E-state index in [2.05, 4.69) is 32.9 Å². The fraction of sp³-hybridized carbons (Fsp3) is 0.562. The zero-order chi connectivity index (χ0) is 14.3. The molecule has 0 amide bonds. The minimum Gasteiger partial charge on any atom is -0.480 e. The van der Waals surface area contributed by atoms with Crippen LogP contribution in [0.4, 0.5) is 0 Å². The lowest BCUT2D eigenvalue weighted by atomic mass is 9.92. The van der Waals surface area contributed by atoms with Crippen LogP contribution in [-0.4, -0.2) is 15.8 Å². The van der Waals surface area contributed by atoms with Gasteiger partial charge in [-0.15, -0.1) is 11.8 Å². The number of thioether (sulfide) groups is 1. The third-order valence-corrected chi connectivity index (χ3v) is 4.72. The number of benzene rings is 1. The van der Waals surface area contributed by atoms with E-state index in [1.54, 1.807) is 11.8 Å². The SMILES string of the molecule is CCCC(CC(C)C)(SCc1ccccc1)C(=O)O. The first-order chi connectivity index (χ1) is 9.00. The van der Waals surface area contributed by atoms with E-state index in [4.69, 9.17) is 0 Å². The minimum atomic E-state index is -0.663. The third-order valence-electron chi connectivity index (χ3n) is 3.14. The lowest BCUT2D eigenvalue weighted by molar-refractivity contribution is -0.140. The molecule has 0 aromatic heterocycles. The van der Waals surface area contributed by atoms with Crippen molar-refractivity contribution < 1.29 is 9.90 Å². The Labute approximate surface area is 120 Å². The highest BCUT2D eigenvalue weighted by Crippen LogP contribution is 2.39. The summed E-state index contributed by atoms with van der Waals surface area (Å²) in [6, 6.07) is 10.1. The van der Waals surface area contributed by atoms with Crippen molar-refractivity contribution >= 4 is 17.7 Å². The van der Waals surface area contributed by atoms with Gasteiger partial charge in [0.15, 0.2) is 0 Å². The van der Waals surface area contributed by atoms with Crippen molar-refractivity contribution in [3.63, 3.8) is 0 Å². The molecule has 0 aliphatic heterocycles. The van der Waals surface area contributed by atoms with Crippen LogP contribution in [0.3, 0.4) is 0 Å². The van der Waals surface area contributed by atoms with Crippen molar-refractivity contribution in [3.05, 3.63) is 35.9 Å². The van der Waals surface area contributed by atoms with Gasteiger partial charge in [-0.2, -0.15) is 0 Å². The molecule has 0 radical (unpaired) electrons. The molecular formula is C16H24O2S. The summed E-state index contributed by atoms with van der Waals surface area (Å²) in [6.45, 7) is 6.24. The molecule has 0 saturated heterocycles. The van der Waals surface area contributed by atoms with Crippen LogP contribution in [0.15, 0.2) is 30.3 Å². The topological polar surface area (TPSA) is 37.3 Å². The molecule has 0 fully saturated rings. The fourth-order valence-corrected chi connectivity index (χ4v) is 3.91. The maximum absolute atomic E-state index is 11.7. The summed E-state index contributed by atoms with van der Waals surface area (Å²) in [5.41, 5.74) is 1.19. The molecule has 0 aliphatic carbocycles. The largest absolute Gasteiger partial charge is 0.480 e. The highest BCUT2D eigenvalue weighted by Gasteiger charge is 2.38. The maximum Gasteiger partial charge on any atom is 0.319 e. The van der Waals surface area contributed by atoms with Crippen molar-refractivity contribution in [1.29, 1.82) is 0 Å². The smallest absolute Gasteiger partial charge is 0.319 e. The first-order valence-electron chi connectivity index (χ1n) is 6.91. The molecule has 3 heteroatoms. The summed E-state index contributed by atoms with van der Waals surface area (Å²) >= 11 is 1.58. The molecule has 0 spiro atoms. The quantitative estimate of drug-likeness (QED) is 0.756. The van der Waals surface area contributed by atoms with Gasteiger partial charge in [0.25, 0.3) is 0 Å². The molecule has 1 N–H and O–H groups in total. The average molecular weight is 280 g/mol. The lowest BCUT2D eigenvalue weighted by Gasteiger charge is -2.30. The average Bonchev–Trinajstić information content (AvgIpc) is 2.36. The highest BCUT2D eigenvalue weighted by atomic mass is 32.2. The van der Waals surface area contributed by atoms with Crippen LogP contribution < -0.4 is 0 Å². The Morgan fingerprint density at radius 3 is 2.42 bits per heavy atom. The Morgan fingerprint density at radius 2 is 1.95 bits per heavy atom. The lowest BCUT2D eigenvalue weighted by Crippen LogP contribution is -2.36. The molecule has 1 aromatic carbocycles. The molecule has 0 saturated carbocycles. The molecule has 19 heavy (non-hydrogen) atoms. The molecule has 0 bridgehead atoms. The van der Waals surface area contributed by atoms with Gasteiger partial charge in [-0.3, -0.25) is 4.79 Å². The fourth-order valence-electron chi connectivity index (χ4n) is 2.35. The number of carbonyl (C=O) groups is 1. The Kier molecular flexibility index (Phi) is 6.43. The Morgan fingerprint density at radius 1 is 1.32 bits per heavy atom. The molecule has 0 aliphatic rings. The number of carboxylic acids is 1. The Bertz CT molecular complexity index is 389. The molecule has 0 heterocycles. The van der Waals surface area contributed by atoms with E-state index in [9.17, 15) is 9.90 Å². The highest BCUT2D eigenvalue weighted by molar-refractivity contribution is 8.00. The van der Waals surface area contributed by atoms with Crippen LogP contribution in [0, 0.1) is 5.92 Å². The second-order valence-corrected chi connectivity index (χ2v) is 6.78. The monoisotopic (exact) mass is 280 g/mol. The van der Waals surface area contributed by atoms with Crippen LogP contribution in [0.2, 0.25) is 0 Å². The van der Waals surface area contributed by atoms with Crippen LogP contribution in [-0.2, 0) is 10.5 Å². The summed E-state index contributed by atoms with van der Waals surface area (Å²) in [4.78, 5) is 11.7. The van der Waals surface area contributed by atoms with E-state index in [-0.39, 0.29) is 0 Å². The Balaban J connectivity index is 2.80. The van der Waals surface area contributed by atoms with Gasteiger partial charge in [0.2, 0.25) is 0 Å². The van der Waals surface area contributed by atoms with E-state index in [0.717, 1.165) is 25.0 Å². The van der Waals surface area contributed by atoms with Gasteiger partial charge in [0, 0.05) is 5.75 Å². The van der Waals surface area contributed by atoms with Gasteiger partial charge in [0.05, 0.1) is 0 Å². The first-order valence-corrected chi connectivity index (χ1v) is 7.90. The summed E-state index contributed by atoms with van der Waals surface area (Å²) < 4.78 is -0.640. The van der Waals surface area contributed by atoms with Crippen LogP contribution in [0.1, 0.15) is 45.6 Å². The molecule has 1 unspecified atom stereocenters. The summed E-state index contributed by atoms with van der Waals surface area (Å²) in [7, 11) is 0. The molecule has 1 aromatic rings. The van der Waals surface area contributed by atoms with Crippen molar-refractivity contribution in [2.45, 2.75) is 50.5 Å². The van der Waals surface area contributed by atoms with Crippen molar-refractivity contribution in [2.24, 2.45) is 5.92 Å². The third kappa shape index (κ3) is 4.90. The van der Waals surface area contributed by atoms with Crippen molar-refractivity contribution in [1.82, 2.24) is 0 Å². The van der Waals surface area contributed by atoms with E-state index >= 15 is 0 Å². The van der Waals surface area contributed by atoms with E-state index in [1.165, 1.54) is 5.56 Å². The minimum absolute atomic E-state index is 0.394. The second kappa shape index (κ2) is 7.59. The van der Waals surface area contributed by atoms with E-state index < -0.39 is 10.7 Å². The predicted molar refractivity (Wildman–Crippen MR) is 82.5 cm³/mol. The molecule has 1 rings (SSSR count). The van der Waals surface area contributed by atoms with Gasteiger partial charge in [-0.05, 0) is 24.3 Å². The maximum atomic E-state index is 11.7. The van der Waals surface area contributed by atoms with Crippen LogP contribution in [0.5, 0.6) is 0 Å². The van der Waals surface area contributed by atoms with Gasteiger partial charge in [-0.1, -0.05) is 57.5 Å². The zero-order valence-electron chi connectivity index (χ0n) is 12.1. The zero-order valence-corrected chi connectivity index (χ0v) is 12.9. The van der Waals surface area contributed by atoms with Gasteiger partial charge in [0.1, 0.15) is 4.75 Å².